The number of hydrogen-bond acceptors (Lipinski definition) is 2. The Hall–Kier alpha value is -1.61. The first-order valence-corrected chi connectivity index (χ1v) is 6.54. The Morgan fingerprint density at radius 2 is 1.94 bits per heavy atom. The van der Waals surface area contributed by atoms with Crippen LogP contribution >= 0.6 is 0 Å². The minimum Gasteiger partial charge on any atom is -0.340 e. The molecule has 1 aromatic heterocycles. The second-order valence-corrected chi connectivity index (χ2v) is 4.55. The molecular formula is C15H21N3. The zero-order chi connectivity index (χ0) is 13.0. The van der Waals surface area contributed by atoms with Crippen molar-refractivity contribution in [1.29, 1.82) is 0 Å². The summed E-state index contributed by atoms with van der Waals surface area (Å²) in [5, 5.41) is 3.49. The van der Waals surface area contributed by atoms with E-state index in [1.54, 1.807) is 0 Å². The topological polar surface area (TPSA) is 29.9 Å². The summed E-state index contributed by atoms with van der Waals surface area (Å²) in [4.78, 5) is 4.45. The third-order valence-electron chi connectivity index (χ3n) is 3.15. The first-order valence-electron chi connectivity index (χ1n) is 6.54. The lowest BCUT2D eigenvalue weighted by atomic mass is 10.0. The first-order chi connectivity index (χ1) is 8.74. The van der Waals surface area contributed by atoms with Crippen LogP contribution in [-0.4, -0.2) is 16.1 Å². The van der Waals surface area contributed by atoms with Crippen LogP contribution in [0.3, 0.4) is 0 Å². The van der Waals surface area contributed by atoms with Gasteiger partial charge in [0.15, 0.2) is 0 Å². The van der Waals surface area contributed by atoms with Crippen LogP contribution in [-0.2, 0) is 13.5 Å². The third-order valence-corrected chi connectivity index (χ3v) is 3.15. The monoisotopic (exact) mass is 243 g/mol. The Kier molecular flexibility index (Phi) is 4.15. The van der Waals surface area contributed by atoms with Crippen molar-refractivity contribution in [1.82, 2.24) is 14.9 Å². The molecule has 1 aromatic carbocycles. The first kappa shape index (κ1) is 12.8. The van der Waals surface area contributed by atoms with E-state index in [0.717, 1.165) is 18.7 Å². The second kappa shape index (κ2) is 5.83. The normalized spacial score (nSPS) is 12.6. The van der Waals surface area contributed by atoms with Gasteiger partial charge in [-0.1, -0.05) is 38.1 Å². The molecule has 0 aliphatic rings. The van der Waals surface area contributed by atoms with Gasteiger partial charge in [0.25, 0.3) is 0 Å². The Morgan fingerprint density at radius 3 is 2.44 bits per heavy atom. The number of aryl methyl sites for hydroxylation is 2. The maximum absolute atomic E-state index is 4.45. The van der Waals surface area contributed by atoms with Crippen molar-refractivity contribution in [3.8, 4) is 0 Å². The third kappa shape index (κ3) is 2.79. The fraction of sp³-hybridized carbons (Fsp3) is 0.400. The molecule has 0 fully saturated rings. The van der Waals surface area contributed by atoms with E-state index in [0.29, 0.717) is 0 Å². The smallest absolute Gasteiger partial charge is 0.0947 e. The fourth-order valence-corrected chi connectivity index (χ4v) is 2.13. The van der Waals surface area contributed by atoms with Gasteiger partial charge in [-0.15, -0.1) is 0 Å². The molecule has 0 bridgehead atoms. The number of aromatic nitrogens is 2. The molecule has 3 heteroatoms. The maximum Gasteiger partial charge on any atom is 0.0947 e. The van der Waals surface area contributed by atoms with Crippen LogP contribution in [0.1, 0.15) is 36.7 Å². The highest BCUT2D eigenvalue weighted by Crippen LogP contribution is 2.20. The quantitative estimate of drug-likeness (QED) is 0.875. The van der Waals surface area contributed by atoms with Crippen LogP contribution in [0.5, 0.6) is 0 Å². The summed E-state index contributed by atoms with van der Waals surface area (Å²) in [5.41, 5.74) is 3.71. The van der Waals surface area contributed by atoms with E-state index in [1.165, 1.54) is 11.1 Å². The van der Waals surface area contributed by atoms with E-state index >= 15 is 0 Å². The summed E-state index contributed by atoms with van der Waals surface area (Å²) in [7, 11) is 2.00. The van der Waals surface area contributed by atoms with E-state index in [-0.39, 0.29) is 6.04 Å². The summed E-state index contributed by atoms with van der Waals surface area (Å²) in [6.07, 6.45) is 5.00. The van der Waals surface area contributed by atoms with Crippen LogP contribution < -0.4 is 5.32 Å². The standard InChI is InChI=1S/C15H21N3/c1-4-12-6-8-13(9-7-12)15(16-5-2)14-10-18(3)11-17-14/h6-11,15-16H,4-5H2,1-3H3. The molecular weight excluding hydrogens is 222 g/mol. The Labute approximate surface area is 109 Å². The SMILES string of the molecule is CCNC(c1ccc(CC)cc1)c1cn(C)cn1. The van der Waals surface area contributed by atoms with Gasteiger partial charge >= 0.3 is 0 Å². The Morgan fingerprint density at radius 1 is 1.22 bits per heavy atom. The van der Waals surface area contributed by atoms with Gasteiger partial charge in [-0.3, -0.25) is 0 Å². The highest BCUT2D eigenvalue weighted by molar-refractivity contribution is 5.30. The van der Waals surface area contributed by atoms with Crippen molar-refractivity contribution < 1.29 is 0 Å². The predicted molar refractivity (Wildman–Crippen MR) is 74.5 cm³/mol. The molecule has 0 aliphatic heterocycles. The fourth-order valence-electron chi connectivity index (χ4n) is 2.13. The average molecular weight is 243 g/mol. The van der Waals surface area contributed by atoms with E-state index in [4.69, 9.17) is 0 Å². The molecule has 0 saturated heterocycles. The van der Waals surface area contributed by atoms with Crippen LogP contribution in [0.15, 0.2) is 36.8 Å². The van der Waals surface area contributed by atoms with Gasteiger partial charge in [0.1, 0.15) is 0 Å². The van der Waals surface area contributed by atoms with Crippen molar-refractivity contribution >= 4 is 0 Å². The van der Waals surface area contributed by atoms with Gasteiger partial charge in [0.2, 0.25) is 0 Å². The number of nitrogens with zero attached hydrogens (tertiary/aromatic N) is 2. The lowest BCUT2D eigenvalue weighted by molar-refractivity contribution is 0.617. The lowest BCUT2D eigenvalue weighted by Crippen LogP contribution is -2.22. The highest BCUT2D eigenvalue weighted by Gasteiger charge is 2.14. The molecule has 0 spiro atoms. The van der Waals surface area contributed by atoms with Crippen LogP contribution in [0.25, 0.3) is 0 Å². The van der Waals surface area contributed by atoms with Gasteiger partial charge in [-0.2, -0.15) is 0 Å². The van der Waals surface area contributed by atoms with Crippen LogP contribution in [0.2, 0.25) is 0 Å². The van der Waals surface area contributed by atoms with E-state index < -0.39 is 0 Å². The number of nitrogens with one attached hydrogen (secondary N) is 1. The minimum atomic E-state index is 0.183. The van der Waals surface area contributed by atoms with Crippen molar-refractivity contribution in [2.24, 2.45) is 7.05 Å². The number of imidazole rings is 1. The van der Waals surface area contributed by atoms with Gasteiger partial charge in [0.05, 0.1) is 18.1 Å². The summed E-state index contributed by atoms with van der Waals surface area (Å²) in [5.74, 6) is 0. The van der Waals surface area contributed by atoms with Crippen molar-refractivity contribution in [3.05, 3.63) is 53.6 Å². The number of rotatable bonds is 5. The molecule has 3 nitrogen and oxygen atoms in total. The van der Waals surface area contributed by atoms with E-state index in [1.807, 2.05) is 17.9 Å². The van der Waals surface area contributed by atoms with E-state index in [9.17, 15) is 0 Å². The molecule has 1 N–H and O–H groups in total. The molecule has 1 heterocycles. The van der Waals surface area contributed by atoms with Gasteiger partial charge in [-0.05, 0) is 24.1 Å². The molecule has 0 radical (unpaired) electrons. The molecule has 0 amide bonds. The molecule has 96 valence electrons. The molecule has 0 aliphatic carbocycles. The average Bonchev–Trinajstić information content (AvgIpc) is 2.82. The van der Waals surface area contributed by atoms with Gasteiger partial charge < -0.3 is 9.88 Å². The molecule has 2 aromatic rings. The molecule has 0 saturated carbocycles. The van der Waals surface area contributed by atoms with Gasteiger partial charge in [-0.25, -0.2) is 4.98 Å². The molecule has 1 atom stereocenters. The summed E-state index contributed by atoms with van der Waals surface area (Å²) in [6.45, 7) is 5.22. The van der Waals surface area contributed by atoms with Crippen LogP contribution in [0.4, 0.5) is 0 Å². The predicted octanol–water partition coefficient (Wildman–Crippen LogP) is 2.68. The second-order valence-electron chi connectivity index (χ2n) is 4.55. The van der Waals surface area contributed by atoms with Crippen molar-refractivity contribution in [2.45, 2.75) is 26.3 Å². The zero-order valence-corrected chi connectivity index (χ0v) is 11.4. The van der Waals surface area contributed by atoms with Crippen molar-refractivity contribution in [3.63, 3.8) is 0 Å². The summed E-state index contributed by atoms with van der Waals surface area (Å²) in [6, 6.07) is 8.97. The summed E-state index contributed by atoms with van der Waals surface area (Å²) < 4.78 is 1.99. The van der Waals surface area contributed by atoms with Crippen molar-refractivity contribution in [2.75, 3.05) is 6.54 Å². The Bertz CT molecular complexity index is 485. The Balaban J connectivity index is 2.28. The van der Waals surface area contributed by atoms with Crippen LogP contribution in [0, 0.1) is 0 Å². The zero-order valence-electron chi connectivity index (χ0n) is 11.4. The van der Waals surface area contributed by atoms with Gasteiger partial charge in [0, 0.05) is 13.2 Å². The lowest BCUT2D eigenvalue weighted by Gasteiger charge is -2.16. The maximum atomic E-state index is 4.45. The molecule has 2 rings (SSSR count). The molecule has 18 heavy (non-hydrogen) atoms. The summed E-state index contributed by atoms with van der Waals surface area (Å²) >= 11 is 0. The number of hydrogen-bond donors (Lipinski definition) is 1. The number of benzene rings is 1. The molecule has 1 unspecified atom stereocenters. The van der Waals surface area contributed by atoms with E-state index in [2.05, 4.69) is 54.6 Å². The minimum absolute atomic E-state index is 0.183. The highest BCUT2D eigenvalue weighted by atomic mass is 15.0. The largest absolute Gasteiger partial charge is 0.340 e.